The number of benzene rings is 1. The van der Waals surface area contributed by atoms with E-state index in [0.717, 1.165) is 10.0 Å². The summed E-state index contributed by atoms with van der Waals surface area (Å²) in [6, 6.07) is 7.63. The molecule has 0 fully saturated rings. The zero-order valence-electron chi connectivity index (χ0n) is 7.91. The molecule has 0 bridgehead atoms. The Balaban J connectivity index is 2.67. The van der Waals surface area contributed by atoms with E-state index >= 15 is 0 Å². The molecule has 82 valence electrons. The van der Waals surface area contributed by atoms with E-state index in [0.29, 0.717) is 12.0 Å². The van der Waals surface area contributed by atoms with Crippen LogP contribution in [-0.4, -0.2) is 14.2 Å². The Kier molecular flexibility index (Phi) is 4.37. The van der Waals surface area contributed by atoms with Crippen molar-refractivity contribution >= 4 is 35.7 Å². The van der Waals surface area contributed by atoms with Gasteiger partial charge in [-0.2, -0.15) is 0 Å². The van der Waals surface area contributed by atoms with Gasteiger partial charge >= 0.3 is 0 Å². The maximum atomic E-state index is 10.8. The molecule has 0 aliphatic rings. The van der Waals surface area contributed by atoms with Gasteiger partial charge in [0.2, 0.25) is 9.05 Å². The van der Waals surface area contributed by atoms with Crippen molar-refractivity contribution < 1.29 is 8.42 Å². The van der Waals surface area contributed by atoms with Crippen LogP contribution in [0.1, 0.15) is 5.56 Å². The summed E-state index contributed by atoms with van der Waals surface area (Å²) in [5.41, 5.74) is 1.60. The van der Waals surface area contributed by atoms with E-state index in [-0.39, 0.29) is 5.75 Å². The van der Waals surface area contributed by atoms with Crippen LogP contribution in [0.5, 0.6) is 0 Å². The molecule has 0 atom stereocenters. The van der Waals surface area contributed by atoms with Crippen molar-refractivity contribution in [1.82, 2.24) is 0 Å². The summed E-state index contributed by atoms with van der Waals surface area (Å²) in [5.74, 6) is -0.179. The summed E-state index contributed by atoms with van der Waals surface area (Å²) in [4.78, 5) is 0. The summed E-state index contributed by atoms with van der Waals surface area (Å²) < 4.78 is 22.5. The predicted octanol–water partition coefficient (Wildman–Crippen LogP) is 3.12. The number of halogens is 2. The Hall–Kier alpha value is -0.320. The van der Waals surface area contributed by atoms with Crippen LogP contribution >= 0.6 is 26.6 Å². The van der Waals surface area contributed by atoms with Crippen molar-refractivity contribution in [1.29, 1.82) is 0 Å². The second-order valence-electron chi connectivity index (χ2n) is 3.24. The summed E-state index contributed by atoms with van der Waals surface area (Å²) in [7, 11) is 1.64. The lowest BCUT2D eigenvalue weighted by molar-refractivity contribution is 0.611. The summed E-state index contributed by atoms with van der Waals surface area (Å²) in [6.07, 6.45) is 0.519. The Bertz CT molecular complexity index is 468. The first-order chi connectivity index (χ1) is 6.87. The molecule has 0 saturated carbocycles. The Morgan fingerprint density at radius 1 is 1.47 bits per heavy atom. The van der Waals surface area contributed by atoms with Gasteiger partial charge < -0.3 is 0 Å². The third kappa shape index (κ3) is 5.35. The molecule has 15 heavy (non-hydrogen) atoms. The molecular formula is C10H10BrClO2S. The molecular weight excluding hydrogens is 300 g/mol. The van der Waals surface area contributed by atoms with Gasteiger partial charge in [0, 0.05) is 15.2 Å². The monoisotopic (exact) mass is 308 g/mol. The van der Waals surface area contributed by atoms with E-state index < -0.39 is 9.05 Å². The molecule has 0 unspecified atom stereocenters. The number of hydrogen-bond acceptors (Lipinski definition) is 2. The molecule has 0 saturated heterocycles. The lowest BCUT2D eigenvalue weighted by Crippen LogP contribution is -2.02. The van der Waals surface area contributed by atoms with E-state index in [2.05, 4.69) is 22.5 Å². The summed E-state index contributed by atoms with van der Waals surface area (Å²) >= 11 is 3.34. The van der Waals surface area contributed by atoms with Gasteiger partial charge in [0.25, 0.3) is 0 Å². The van der Waals surface area contributed by atoms with Gasteiger partial charge in [0.05, 0.1) is 5.75 Å². The molecule has 0 spiro atoms. The lowest BCUT2D eigenvalue weighted by Gasteiger charge is -2.03. The third-order valence-electron chi connectivity index (χ3n) is 1.72. The summed E-state index contributed by atoms with van der Waals surface area (Å²) in [6.45, 7) is 3.69. The number of hydrogen-bond donors (Lipinski definition) is 0. The molecule has 0 amide bonds. The largest absolute Gasteiger partial charge is 0.236 e. The van der Waals surface area contributed by atoms with Crippen molar-refractivity contribution in [3.63, 3.8) is 0 Å². The fourth-order valence-corrected chi connectivity index (χ4v) is 2.73. The second kappa shape index (κ2) is 5.14. The average molecular weight is 310 g/mol. The molecule has 1 aromatic rings. The van der Waals surface area contributed by atoms with Crippen molar-refractivity contribution in [2.75, 3.05) is 5.75 Å². The first-order valence-electron chi connectivity index (χ1n) is 4.20. The Labute approximate surface area is 103 Å². The van der Waals surface area contributed by atoms with E-state index in [4.69, 9.17) is 10.7 Å². The van der Waals surface area contributed by atoms with Crippen molar-refractivity contribution in [3.05, 3.63) is 46.5 Å². The SMILES string of the molecule is C=C(Cc1cccc(Br)c1)CS(=O)(=O)Cl. The van der Waals surface area contributed by atoms with Crippen molar-refractivity contribution in [2.45, 2.75) is 6.42 Å². The highest BCUT2D eigenvalue weighted by Crippen LogP contribution is 2.15. The van der Waals surface area contributed by atoms with Crippen LogP contribution in [0.25, 0.3) is 0 Å². The van der Waals surface area contributed by atoms with E-state index in [1.165, 1.54) is 0 Å². The van der Waals surface area contributed by atoms with Crippen LogP contribution in [0.4, 0.5) is 0 Å². The van der Waals surface area contributed by atoms with Crippen molar-refractivity contribution in [3.8, 4) is 0 Å². The van der Waals surface area contributed by atoms with Gasteiger partial charge in [-0.25, -0.2) is 8.42 Å². The Morgan fingerprint density at radius 3 is 2.67 bits per heavy atom. The molecule has 0 aromatic heterocycles. The normalized spacial score (nSPS) is 11.3. The second-order valence-corrected chi connectivity index (χ2v) is 6.93. The van der Waals surface area contributed by atoms with Crippen LogP contribution in [0.2, 0.25) is 0 Å². The zero-order valence-corrected chi connectivity index (χ0v) is 11.1. The average Bonchev–Trinajstić information content (AvgIpc) is 1.99. The highest BCUT2D eigenvalue weighted by molar-refractivity contribution is 9.10. The molecule has 0 heterocycles. The molecule has 5 heteroatoms. The highest BCUT2D eigenvalue weighted by Gasteiger charge is 2.08. The Morgan fingerprint density at radius 2 is 2.13 bits per heavy atom. The topological polar surface area (TPSA) is 34.1 Å². The zero-order chi connectivity index (χ0) is 11.5. The van der Waals surface area contributed by atoms with E-state index in [1.54, 1.807) is 0 Å². The smallest absolute Gasteiger partial charge is 0.212 e. The fourth-order valence-electron chi connectivity index (χ4n) is 1.23. The van der Waals surface area contributed by atoms with Crippen LogP contribution in [-0.2, 0) is 15.5 Å². The van der Waals surface area contributed by atoms with Crippen LogP contribution in [0.15, 0.2) is 40.9 Å². The van der Waals surface area contributed by atoms with Gasteiger partial charge in [-0.1, -0.05) is 40.2 Å². The highest BCUT2D eigenvalue weighted by atomic mass is 79.9. The van der Waals surface area contributed by atoms with Crippen LogP contribution < -0.4 is 0 Å². The molecule has 0 aliphatic heterocycles. The standard InChI is InChI=1S/C10H10BrClO2S/c1-8(7-15(12,13)14)5-9-3-2-4-10(11)6-9/h2-4,6H,1,5,7H2. The fraction of sp³-hybridized carbons (Fsp3) is 0.200. The number of rotatable bonds is 4. The third-order valence-corrected chi connectivity index (χ3v) is 3.29. The van der Waals surface area contributed by atoms with Gasteiger partial charge in [-0.15, -0.1) is 0 Å². The molecule has 2 nitrogen and oxygen atoms in total. The molecule has 0 aliphatic carbocycles. The molecule has 1 rings (SSSR count). The minimum atomic E-state index is -3.49. The molecule has 1 aromatic carbocycles. The van der Waals surface area contributed by atoms with Crippen LogP contribution in [0, 0.1) is 0 Å². The first kappa shape index (κ1) is 12.7. The minimum Gasteiger partial charge on any atom is -0.212 e. The quantitative estimate of drug-likeness (QED) is 0.632. The van der Waals surface area contributed by atoms with Gasteiger partial charge in [0.1, 0.15) is 0 Å². The maximum Gasteiger partial charge on any atom is 0.236 e. The first-order valence-corrected chi connectivity index (χ1v) is 7.47. The van der Waals surface area contributed by atoms with Crippen molar-refractivity contribution in [2.24, 2.45) is 0 Å². The van der Waals surface area contributed by atoms with E-state index in [9.17, 15) is 8.42 Å². The van der Waals surface area contributed by atoms with E-state index in [1.807, 2.05) is 24.3 Å². The molecule has 0 radical (unpaired) electrons. The van der Waals surface area contributed by atoms with Gasteiger partial charge in [-0.3, -0.25) is 0 Å². The minimum absolute atomic E-state index is 0.179. The van der Waals surface area contributed by atoms with Gasteiger partial charge in [-0.05, 0) is 24.1 Å². The lowest BCUT2D eigenvalue weighted by atomic mass is 10.1. The van der Waals surface area contributed by atoms with Gasteiger partial charge in [0.15, 0.2) is 0 Å². The maximum absolute atomic E-state index is 10.8. The van der Waals surface area contributed by atoms with Crippen LogP contribution in [0.3, 0.4) is 0 Å². The summed E-state index contributed by atoms with van der Waals surface area (Å²) in [5, 5.41) is 0. The molecule has 0 N–H and O–H groups in total. The predicted molar refractivity (Wildman–Crippen MR) is 66.6 cm³/mol.